The smallest absolute Gasteiger partial charge is 0.244 e. The second kappa shape index (κ2) is 7.94. The summed E-state index contributed by atoms with van der Waals surface area (Å²) in [5.74, 6) is 2.31. The van der Waals surface area contributed by atoms with Crippen LogP contribution in [0.2, 0.25) is 0 Å². The molecule has 1 atom stereocenters. The minimum Gasteiger partial charge on any atom is -0.354 e. The van der Waals surface area contributed by atoms with Crippen LogP contribution in [0.1, 0.15) is 30.0 Å². The van der Waals surface area contributed by atoms with Crippen molar-refractivity contribution in [1.82, 2.24) is 20.0 Å². The fraction of sp³-hybridized carbons (Fsp3) is 0.318. The molecule has 144 valence electrons. The molecule has 1 unspecified atom stereocenters. The van der Waals surface area contributed by atoms with Gasteiger partial charge in [0.05, 0.1) is 6.04 Å². The first-order chi connectivity index (χ1) is 13.7. The fourth-order valence-corrected chi connectivity index (χ4v) is 3.62. The zero-order valence-corrected chi connectivity index (χ0v) is 16.4. The van der Waals surface area contributed by atoms with E-state index in [4.69, 9.17) is 4.52 Å². The number of hydrogen-bond donors (Lipinski definition) is 0. The number of pyridine rings is 1. The van der Waals surface area contributed by atoms with Gasteiger partial charge >= 0.3 is 0 Å². The number of nitrogens with zero attached hydrogens (tertiary/aromatic N) is 5. The number of piperazine rings is 1. The van der Waals surface area contributed by atoms with Crippen LogP contribution in [0.15, 0.2) is 53.7 Å². The Balaban J connectivity index is 1.43. The summed E-state index contributed by atoms with van der Waals surface area (Å²) in [6.45, 7) is 11.7. The van der Waals surface area contributed by atoms with Gasteiger partial charge in [0.25, 0.3) is 0 Å². The molecule has 0 amide bonds. The van der Waals surface area contributed by atoms with Crippen LogP contribution in [0, 0.1) is 6.92 Å². The Morgan fingerprint density at radius 1 is 1.14 bits per heavy atom. The normalized spacial score (nSPS) is 16.1. The van der Waals surface area contributed by atoms with E-state index in [0.29, 0.717) is 11.7 Å². The van der Waals surface area contributed by atoms with Crippen LogP contribution < -0.4 is 4.90 Å². The van der Waals surface area contributed by atoms with Gasteiger partial charge in [-0.15, -0.1) is 0 Å². The standard InChI is InChI=1S/C22H25N5O/c1-4-18-9-6-10-23-21(18)27-13-11-26(12-14-27)17(3)22-24-20(25-28-22)19-8-5-7-16(2)15-19/h4-10,15,17H,1,11-14H2,2-3H3. The summed E-state index contributed by atoms with van der Waals surface area (Å²) in [5, 5.41) is 4.18. The molecule has 0 radical (unpaired) electrons. The lowest BCUT2D eigenvalue weighted by Crippen LogP contribution is -2.47. The number of benzene rings is 1. The second-order valence-electron chi connectivity index (χ2n) is 7.15. The SMILES string of the molecule is C=Cc1cccnc1N1CCN(C(C)c2nc(-c3cccc(C)c3)no2)CC1. The third-order valence-corrected chi connectivity index (χ3v) is 5.27. The van der Waals surface area contributed by atoms with Gasteiger partial charge in [-0.25, -0.2) is 4.98 Å². The van der Waals surface area contributed by atoms with E-state index < -0.39 is 0 Å². The molecule has 6 nitrogen and oxygen atoms in total. The van der Waals surface area contributed by atoms with Crippen molar-refractivity contribution in [3.05, 3.63) is 66.2 Å². The lowest BCUT2D eigenvalue weighted by Gasteiger charge is -2.37. The maximum absolute atomic E-state index is 5.58. The molecule has 1 aliphatic heterocycles. The summed E-state index contributed by atoms with van der Waals surface area (Å²) < 4.78 is 5.58. The van der Waals surface area contributed by atoms with Gasteiger partial charge in [0.1, 0.15) is 5.82 Å². The zero-order chi connectivity index (χ0) is 19.5. The van der Waals surface area contributed by atoms with Crippen molar-refractivity contribution in [2.24, 2.45) is 0 Å². The van der Waals surface area contributed by atoms with Gasteiger partial charge in [0, 0.05) is 43.5 Å². The van der Waals surface area contributed by atoms with E-state index in [1.807, 2.05) is 30.5 Å². The highest BCUT2D eigenvalue weighted by Gasteiger charge is 2.27. The Morgan fingerprint density at radius 3 is 2.71 bits per heavy atom. The Morgan fingerprint density at radius 2 is 1.96 bits per heavy atom. The number of anilines is 1. The third kappa shape index (κ3) is 3.68. The van der Waals surface area contributed by atoms with Gasteiger partial charge in [-0.05, 0) is 32.0 Å². The zero-order valence-electron chi connectivity index (χ0n) is 16.4. The highest BCUT2D eigenvalue weighted by Crippen LogP contribution is 2.26. The van der Waals surface area contributed by atoms with Gasteiger partial charge < -0.3 is 9.42 Å². The van der Waals surface area contributed by atoms with Crippen molar-refractivity contribution in [1.29, 1.82) is 0 Å². The van der Waals surface area contributed by atoms with Crippen molar-refractivity contribution in [3.8, 4) is 11.4 Å². The molecule has 1 aliphatic rings. The largest absolute Gasteiger partial charge is 0.354 e. The molecule has 0 spiro atoms. The maximum Gasteiger partial charge on any atom is 0.244 e. The first-order valence-electron chi connectivity index (χ1n) is 9.63. The first-order valence-corrected chi connectivity index (χ1v) is 9.63. The van der Waals surface area contributed by atoms with Gasteiger partial charge in [-0.1, -0.05) is 41.6 Å². The Kier molecular flexibility index (Phi) is 5.21. The van der Waals surface area contributed by atoms with Crippen molar-refractivity contribution in [2.75, 3.05) is 31.1 Å². The quantitative estimate of drug-likeness (QED) is 0.673. The second-order valence-corrected chi connectivity index (χ2v) is 7.15. The van der Waals surface area contributed by atoms with Crippen LogP contribution in [0.25, 0.3) is 17.5 Å². The lowest BCUT2D eigenvalue weighted by molar-refractivity contribution is 0.164. The van der Waals surface area contributed by atoms with Gasteiger partial charge in [0.15, 0.2) is 0 Å². The average molecular weight is 375 g/mol. The predicted octanol–water partition coefficient (Wildman–Crippen LogP) is 3.97. The molecule has 0 N–H and O–H groups in total. The van der Waals surface area contributed by atoms with Crippen molar-refractivity contribution in [2.45, 2.75) is 19.9 Å². The third-order valence-electron chi connectivity index (χ3n) is 5.27. The molecule has 3 aromatic rings. The molecule has 1 aromatic carbocycles. The minimum atomic E-state index is 0.0795. The molecule has 0 saturated carbocycles. The molecule has 1 saturated heterocycles. The molecule has 0 aliphatic carbocycles. The topological polar surface area (TPSA) is 58.3 Å². The van der Waals surface area contributed by atoms with E-state index in [-0.39, 0.29) is 6.04 Å². The molecule has 6 heteroatoms. The highest BCUT2D eigenvalue weighted by atomic mass is 16.5. The summed E-state index contributed by atoms with van der Waals surface area (Å²) >= 11 is 0. The van der Waals surface area contributed by atoms with Crippen LogP contribution in [0.3, 0.4) is 0 Å². The summed E-state index contributed by atoms with van der Waals surface area (Å²) in [5.41, 5.74) is 3.24. The summed E-state index contributed by atoms with van der Waals surface area (Å²) in [4.78, 5) is 13.9. The van der Waals surface area contributed by atoms with Gasteiger partial charge in [0.2, 0.25) is 11.7 Å². The highest BCUT2D eigenvalue weighted by molar-refractivity contribution is 5.62. The van der Waals surface area contributed by atoms with Crippen LogP contribution in [-0.4, -0.2) is 46.2 Å². The van der Waals surface area contributed by atoms with Crippen molar-refractivity contribution in [3.63, 3.8) is 0 Å². The van der Waals surface area contributed by atoms with E-state index in [9.17, 15) is 0 Å². The molecule has 2 aromatic heterocycles. The van der Waals surface area contributed by atoms with Gasteiger partial charge in [-0.3, -0.25) is 4.90 Å². The molecule has 28 heavy (non-hydrogen) atoms. The van der Waals surface area contributed by atoms with Gasteiger partial charge in [-0.2, -0.15) is 4.98 Å². The van der Waals surface area contributed by atoms with E-state index in [1.165, 1.54) is 5.56 Å². The number of rotatable bonds is 5. The molecule has 3 heterocycles. The van der Waals surface area contributed by atoms with E-state index in [2.05, 4.69) is 63.5 Å². The van der Waals surface area contributed by atoms with Crippen molar-refractivity contribution >= 4 is 11.9 Å². The van der Waals surface area contributed by atoms with Crippen LogP contribution in [-0.2, 0) is 0 Å². The van der Waals surface area contributed by atoms with Crippen LogP contribution in [0.4, 0.5) is 5.82 Å². The molecular formula is C22H25N5O. The van der Waals surface area contributed by atoms with E-state index in [1.54, 1.807) is 0 Å². The summed E-state index contributed by atoms with van der Waals surface area (Å²) in [6.07, 6.45) is 3.70. The molecule has 0 bridgehead atoms. The molecular weight excluding hydrogens is 350 g/mol. The summed E-state index contributed by atoms with van der Waals surface area (Å²) in [7, 11) is 0. The summed E-state index contributed by atoms with van der Waals surface area (Å²) in [6, 6.07) is 12.2. The van der Waals surface area contributed by atoms with E-state index >= 15 is 0 Å². The lowest BCUT2D eigenvalue weighted by atomic mass is 10.1. The first kappa shape index (κ1) is 18.4. The minimum absolute atomic E-state index is 0.0795. The average Bonchev–Trinajstić information content (AvgIpc) is 3.24. The van der Waals surface area contributed by atoms with Crippen LogP contribution in [0.5, 0.6) is 0 Å². The number of aromatic nitrogens is 3. The maximum atomic E-state index is 5.58. The number of hydrogen-bond acceptors (Lipinski definition) is 6. The van der Waals surface area contributed by atoms with Crippen molar-refractivity contribution < 1.29 is 4.52 Å². The number of aryl methyl sites for hydroxylation is 1. The molecule has 4 rings (SSSR count). The Hall–Kier alpha value is -2.99. The van der Waals surface area contributed by atoms with E-state index in [0.717, 1.165) is 43.1 Å². The monoisotopic (exact) mass is 375 g/mol. The fourth-order valence-electron chi connectivity index (χ4n) is 3.62. The molecule has 1 fully saturated rings. The Labute approximate surface area is 165 Å². The predicted molar refractivity (Wildman–Crippen MR) is 111 cm³/mol. The van der Waals surface area contributed by atoms with Crippen LogP contribution >= 0.6 is 0 Å². The Bertz CT molecular complexity index is 959.